The first kappa shape index (κ1) is 15.1. The Morgan fingerprint density at radius 3 is 2.52 bits per heavy atom. The molecule has 114 valence electrons. The molecule has 1 aromatic carbocycles. The maximum Gasteiger partial charge on any atom is 0.0648 e. The van der Waals surface area contributed by atoms with Gasteiger partial charge in [-0.05, 0) is 74.0 Å². The molecule has 0 bridgehead atoms. The predicted molar refractivity (Wildman–Crippen MR) is 88.8 cm³/mol. The SMILES string of the molecule is C=CCOC1CCC2CC(c3ccc(Cl)cc3)CCC2C1. The summed E-state index contributed by atoms with van der Waals surface area (Å²) < 4.78 is 5.87. The zero-order valence-corrected chi connectivity index (χ0v) is 13.4. The van der Waals surface area contributed by atoms with Crippen LogP contribution in [-0.4, -0.2) is 12.7 Å². The third kappa shape index (κ3) is 3.70. The molecule has 4 unspecified atom stereocenters. The highest BCUT2D eigenvalue weighted by Gasteiger charge is 2.36. The first-order chi connectivity index (χ1) is 10.3. The van der Waals surface area contributed by atoms with Gasteiger partial charge >= 0.3 is 0 Å². The van der Waals surface area contributed by atoms with Crippen LogP contribution < -0.4 is 0 Å². The van der Waals surface area contributed by atoms with E-state index in [1.165, 1.54) is 44.1 Å². The van der Waals surface area contributed by atoms with Crippen molar-refractivity contribution >= 4 is 11.6 Å². The van der Waals surface area contributed by atoms with Crippen LogP contribution in [0.15, 0.2) is 36.9 Å². The van der Waals surface area contributed by atoms with Crippen molar-refractivity contribution in [3.05, 3.63) is 47.5 Å². The number of rotatable bonds is 4. The van der Waals surface area contributed by atoms with E-state index >= 15 is 0 Å². The Kier molecular flexibility index (Phi) is 5.03. The smallest absolute Gasteiger partial charge is 0.0648 e. The van der Waals surface area contributed by atoms with Gasteiger partial charge in [0, 0.05) is 5.02 Å². The molecule has 3 rings (SSSR count). The van der Waals surface area contributed by atoms with Gasteiger partial charge in [0.25, 0.3) is 0 Å². The van der Waals surface area contributed by atoms with Crippen LogP contribution >= 0.6 is 11.6 Å². The molecule has 0 radical (unpaired) electrons. The molecule has 0 saturated heterocycles. The van der Waals surface area contributed by atoms with Crippen molar-refractivity contribution in [2.75, 3.05) is 6.61 Å². The summed E-state index contributed by atoms with van der Waals surface area (Å²) in [6.45, 7) is 4.45. The zero-order valence-electron chi connectivity index (χ0n) is 12.6. The first-order valence-electron chi connectivity index (χ1n) is 8.24. The fourth-order valence-corrected chi connectivity index (χ4v) is 4.37. The third-order valence-corrected chi connectivity index (χ3v) is 5.61. The van der Waals surface area contributed by atoms with Gasteiger partial charge in [0.15, 0.2) is 0 Å². The van der Waals surface area contributed by atoms with Crippen LogP contribution in [0.4, 0.5) is 0 Å². The number of halogens is 1. The molecule has 0 aromatic heterocycles. The van der Waals surface area contributed by atoms with Gasteiger partial charge in [0.1, 0.15) is 0 Å². The lowest BCUT2D eigenvalue weighted by molar-refractivity contribution is -0.00310. The Bertz CT molecular complexity index is 467. The minimum atomic E-state index is 0.469. The van der Waals surface area contributed by atoms with Gasteiger partial charge in [-0.15, -0.1) is 6.58 Å². The molecule has 2 heteroatoms. The number of hydrogen-bond donors (Lipinski definition) is 0. The average molecular weight is 305 g/mol. The van der Waals surface area contributed by atoms with Gasteiger partial charge in [0.05, 0.1) is 12.7 Å². The van der Waals surface area contributed by atoms with Gasteiger partial charge in [-0.25, -0.2) is 0 Å². The molecule has 2 saturated carbocycles. The number of hydrogen-bond acceptors (Lipinski definition) is 1. The summed E-state index contributed by atoms with van der Waals surface area (Å²) >= 11 is 6.00. The van der Waals surface area contributed by atoms with Crippen LogP contribution in [0.5, 0.6) is 0 Å². The van der Waals surface area contributed by atoms with E-state index in [1.807, 2.05) is 18.2 Å². The fraction of sp³-hybridized carbons (Fsp3) is 0.579. The molecule has 0 heterocycles. The van der Waals surface area contributed by atoms with E-state index in [1.54, 1.807) is 0 Å². The normalized spacial score (nSPS) is 32.4. The molecule has 2 aliphatic rings. The van der Waals surface area contributed by atoms with Crippen LogP contribution in [0.1, 0.15) is 50.0 Å². The summed E-state index contributed by atoms with van der Waals surface area (Å²) in [5, 5.41) is 0.840. The molecule has 21 heavy (non-hydrogen) atoms. The minimum absolute atomic E-state index is 0.469. The molecule has 4 atom stereocenters. The molecule has 0 aliphatic heterocycles. The lowest BCUT2D eigenvalue weighted by atomic mass is 9.65. The van der Waals surface area contributed by atoms with E-state index in [2.05, 4.69) is 18.7 Å². The van der Waals surface area contributed by atoms with Crippen LogP contribution in [0.25, 0.3) is 0 Å². The second-order valence-corrected chi connectivity index (χ2v) is 7.08. The molecular formula is C19H25ClO. The highest BCUT2D eigenvalue weighted by Crippen LogP contribution is 2.46. The second kappa shape index (κ2) is 6.98. The molecule has 0 amide bonds. The van der Waals surface area contributed by atoms with Gasteiger partial charge < -0.3 is 4.74 Å². The van der Waals surface area contributed by atoms with Gasteiger partial charge in [-0.1, -0.05) is 29.8 Å². The minimum Gasteiger partial charge on any atom is -0.374 e. The van der Waals surface area contributed by atoms with E-state index in [4.69, 9.17) is 16.3 Å². The zero-order chi connectivity index (χ0) is 14.7. The lowest BCUT2D eigenvalue weighted by Crippen LogP contribution is -2.33. The van der Waals surface area contributed by atoms with E-state index in [-0.39, 0.29) is 0 Å². The molecule has 1 aromatic rings. The number of ether oxygens (including phenoxy) is 1. The molecule has 0 N–H and O–H groups in total. The van der Waals surface area contributed by atoms with E-state index < -0.39 is 0 Å². The monoisotopic (exact) mass is 304 g/mol. The Morgan fingerprint density at radius 2 is 1.76 bits per heavy atom. The highest BCUT2D eigenvalue weighted by atomic mass is 35.5. The Balaban J connectivity index is 1.57. The summed E-state index contributed by atoms with van der Waals surface area (Å²) in [5.41, 5.74) is 1.47. The fourth-order valence-electron chi connectivity index (χ4n) is 4.24. The average Bonchev–Trinajstić information content (AvgIpc) is 2.53. The van der Waals surface area contributed by atoms with Crippen LogP contribution in [0.3, 0.4) is 0 Å². The Hall–Kier alpha value is -0.790. The lowest BCUT2D eigenvalue weighted by Gasteiger charge is -2.42. The quantitative estimate of drug-likeness (QED) is 0.658. The standard InChI is InChI=1S/C19H25ClO/c1-2-11-21-19-10-7-16-12-15(3-4-17(16)13-19)14-5-8-18(20)9-6-14/h2,5-6,8-9,15-17,19H,1,3-4,7,10-13H2. The molecule has 2 aliphatic carbocycles. The number of fused-ring (bicyclic) bond motifs is 1. The van der Waals surface area contributed by atoms with E-state index in [0.29, 0.717) is 12.7 Å². The van der Waals surface area contributed by atoms with Crippen molar-refractivity contribution in [2.24, 2.45) is 11.8 Å². The maximum absolute atomic E-state index is 6.00. The summed E-state index contributed by atoms with van der Waals surface area (Å²) in [4.78, 5) is 0. The van der Waals surface area contributed by atoms with Crippen molar-refractivity contribution in [3.8, 4) is 0 Å². The largest absolute Gasteiger partial charge is 0.374 e. The Morgan fingerprint density at radius 1 is 1.05 bits per heavy atom. The van der Waals surface area contributed by atoms with Gasteiger partial charge in [-0.2, -0.15) is 0 Å². The van der Waals surface area contributed by atoms with Crippen LogP contribution in [0.2, 0.25) is 5.02 Å². The van der Waals surface area contributed by atoms with Crippen molar-refractivity contribution in [1.82, 2.24) is 0 Å². The van der Waals surface area contributed by atoms with Gasteiger partial charge in [0.2, 0.25) is 0 Å². The summed E-state index contributed by atoms with van der Waals surface area (Å²) in [6.07, 6.45) is 10.2. The second-order valence-electron chi connectivity index (χ2n) is 6.64. The van der Waals surface area contributed by atoms with Crippen molar-refractivity contribution in [1.29, 1.82) is 0 Å². The van der Waals surface area contributed by atoms with E-state index in [9.17, 15) is 0 Å². The summed E-state index contributed by atoms with van der Waals surface area (Å²) in [5.74, 6) is 2.49. The first-order valence-corrected chi connectivity index (χ1v) is 8.62. The van der Waals surface area contributed by atoms with Crippen molar-refractivity contribution in [2.45, 2.75) is 50.5 Å². The van der Waals surface area contributed by atoms with Crippen LogP contribution in [0, 0.1) is 11.8 Å². The summed E-state index contributed by atoms with van der Waals surface area (Å²) in [7, 11) is 0. The maximum atomic E-state index is 6.00. The number of benzene rings is 1. The molecule has 0 spiro atoms. The Labute approximate surface area is 133 Å². The molecular weight excluding hydrogens is 280 g/mol. The predicted octanol–water partition coefficient (Wildman–Crippen LogP) is 5.60. The molecule has 1 nitrogen and oxygen atoms in total. The topological polar surface area (TPSA) is 9.23 Å². The van der Waals surface area contributed by atoms with Gasteiger partial charge in [-0.3, -0.25) is 0 Å². The highest BCUT2D eigenvalue weighted by molar-refractivity contribution is 6.30. The summed E-state index contributed by atoms with van der Waals surface area (Å²) in [6, 6.07) is 8.49. The van der Waals surface area contributed by atoms with Crippen molar-refractivity contribution < 1.29 is 4.74 Å². The molecule has 2 fully saturated rings. The third-order valence-electron chi connectivity index (χ3n) is 5.36. The van der Waals surface area contributed by atoms with Crippen molar-refractivity contribution in [3.63, 3.8) is 0 Å². The van der Waals surface area contributed by atoms with Crippen LogP contribution in [-0.2, 0) is 4.74 Å². The van der Waals surface area contributed by atoms with E-state index in [0.717, 1.165) is 22.8 Å².